The first-order chi connectivity index (χ1) is 11.2. The van der Waals surface area contributed by atoms with Gasteiger partial charge in [-0.3, -0.25) is 4.79 Å². The van der Waals surface area contributed by atoms with Crippen molar-refractivity contribution in [3.63, 3.8) is 0 Å². The fourth-order valence-corrected chi connectivity index (χ4v) is 3.51. The van der Waals surface area contributed by atoms with Gasteiger partial charge in [0.2, 0.25) is 5.91 Å². The molecule has 4 nitrogen and oxygen atoms in total. The van der Waals surface area contributed by atoms with Crippen LogP contribution in [0.1, 0.15) is 50.5 Å². The van der Waals surface area contributed by atoms with Gasteiger partial charge in [-0.1, -0.05) is 18.2 Å². The van der Waals surface area contributed by atoms with Gasteiger partial charge in [-0.2, -0.15) is 5.26 Å². The zero-order valence-electron chi connectivity index (χ0n) is 13.7. The number of carbonyl (C=O) groups excluding carboxylic acids is 1. The lowest BCUT2D eigenvalue weighted by atomic mass is 9.89. The number of hydrogen-bond donors (Lipinski definition) is 0. The molecule has 1 amide bonds. The van der Waals surface area contributed by atoms with E-state index < -0.39 is 0 Å². The molecule has 4 heteroatoms. The van der Waals surface area contributed by atoms with Gasteiger partial charge in [0.25, 0.3) is 0 Å². The van der Waals surface area contributed by atoms with Gasteiger partial charge < -0.3 is 9.64 Å². The van der Waals surface area contributed by atoms with E-state index in [1.54, 1.807) is 0 Å². The summed E-state index contributed by atoms with van der Waals surface area (Å²) in [5.41, 5.74) is 1.14. The molecule has 3 rings (SSSR count). The topological polar surface area (TPSA) is 53.3 Å². The highest BCUT2D eigenvalue weighted by molar-refractivity contribution is 5.77. The van der Waals surface area contributed by atoms with Crippen LogP contribution in [0.5, 0.6) is 5.75 Å². The van der Waals surface area contributed by atoms with Gasteiger partial charge in [0.05, 0.1) is 19.1 Å². The third kappa shape index (κ3) is 3.67. The van der Waals surface area contributed by atoms with Gasteiger partial charge in [0, 0.05) is 19.0 Å². The normalized spacial score (nSPS) is 20.8. The number of ether oxygens (including phenoxy) is 1. The maximum Gasteiger partial charge on any atom is 0.223 e. The van der Waals surface area contributed by atoms with Crippen molar-refractivity contribution in [1.82, 2.24) is 4.90 Å². The molecule has 122 valence electrons. The largest absolute Gasteiger partial charge is 0.493 e. The lowest BCUT2D eigenvalue weighted by Crippen LogP contribution is -2.41. The average Bonchev–Trinajstić information content (AvgIpc) is 3.40. The minimum Gasteiger partial charge on any atom is -0.493 e. The van der Waals surface area contributed by atoms with Crippen molar-refractivity contribution >= 4 is 5.91 Å². The lowest BCUT2D eigenvalue weighted by molar-refractivity contribution is -0.134. The van der Waals surface area contributed by atoms with Crippen molar-refractivity contribution < 1.29 is 9.53 Å². The van der Waals surface area contributed by atoms with E-state index in [1.165, 1.54) is 12.8 Å². The Bertz CT molecular complexity index is 604. The van der Waals surface area contributed by atoms with Crippen LogP contribution in [0.25, 0.3) is 0 Å². The van der Waals surface area contributed by atoms with Crippen LogP contribution in [0.15, 0.2) is 24.3 Å². The van der Waals surface area contributed by atoms with Crippen molar-refractivity contribution in [2.24, 2.45) is 5.92 Å². The third-order valence-electron chi connectivity index (χ3n) is 5.08. The van der Waals surface area contributed by atoms with Crippen molar-refractivity contribution in [1.29, 1.82) is 5.26 Å². The van der Waals surface area contributed by atoms with Crippen molar-refractivity contribution in [3.05, 3.63) is 29.8 Å². The molecule has 1 aliphatic carbocycles. The van der Waals surface area contributed by atoms with E-state index in [2.05, 4.69) is 19.1 Å². The number of nitrogens with zero attached hydrogens (tertiary/aromatic N) is 2. The van der Waals surface area contributed by atoms with E-state index in [-0.39, 0.29) is 17.9 Å². The van der Waals surface area contributed by atoms with Gasteiger partial charge in [0.1, 0.15) is 5.75 Å². The molecule has 0 saturated heterocycles. The minimum atomic E-state index is 0.182. The van der Waals surface area contributed by atoms with Crippen LogP contribution >= 0.6 is 0 Å². The number of para-hydroxylation sites is 1. The fourth-order valence-electron chi connectivity index (χ4n) is 3.51. The predicted octanol–water partition coefficient (Wildman–Crippen LogP) is 3.48. The zero-order valence-corrected chi connectivity index (χ0v) is 13.7. The Morgan fingerprint density at radius 1 is 1.39 bits per heavy atom. The Morgan fingerprint density at radius 3 is 2.91 bits per heavy atom. The average molecular weight is 312 g/mol. The van der Waals surface area contributed by atoms with Crippen LogP contribution < -0.4 is 4.74 Å². The van der Waals surface area contributed by atoms with Gasteiger partial charge in [0.15, 0.2) is 0 Å². The van der Waals surface area contributed by atoms with Crippen LogP contribution in [0, 0.1) is 17.2 Å². The molecular formula is C19H24N2O2. The number of hydrogen-bond acceptors (Lipinski definition) is 3. The summed E-state index contributed by atoms with van der Waals surface area (Å²) >= 11 is 0. The standard InChI is InChI=1S/C19H24N2O2/c1-14(15-7-8-15)21(11-4-10-20)19(22)13-16-9-12-23-18-6-3-2-5-17(16)18/h2-3,5-6,14-16H,4,7-9,11-13H2,1H3/t14-,16-/m0/s1. The molecule has 1 aromatic rings. The maximum absolute atomic E-state index is 12.9. The number of carbonyl (C=O) groups is 1. The Kier molecular flexibility index (Phi) is 4.85. The summed E-state index contributed by atoms with van der Waals surface area (Å²) in [5, 5.41) is 8.88. The van der Waals surface area contributed by atoms with Crippen molar-refractivity contribution in [2.45, 2.75) is 51.0 Å². The van der Waals surface area contributed by atoms with Crippen molar-refractivity contribution in [2.75, 3.05) is 13.2 Å². The Hall–Kier alpha value is -2.02. The molecule has 0 aromatic heterocycles. The number of rotatable bonds is 6. The summed E-state index contributed by atoms with van der Waals surface area (Å²) in [5.74, 6) is 1.94. The Labute approximate surface area is 138 Å². The summed E-state index contributed by atoms with van der Waals surface area (Å²) in [6, 6.07) is 10.4. The SMILES string of the molecule is C[C@@H](C1CC1)N(CCC#N)C(=O)C[C@@H]1CCOc2ccccc21. The smallest absolute Gasteiger partial charge is 0.223 e. The number of benzene rings is 1. The molecule has 0 bridgehead atoms. The monoisotopic (exact) mass is 312 g/mol. The lowest BCUT2D eigenvalue weighted by Gasteiger charge is -2.32. The van der Waals surface area contributed by atoms with Gasteiger partial charge in [-0.15, -0.1) is 0 Å². The van der Waals surface area contributed by atoms with E-state index in [4.69, 9.17) is 10.00 Å². The molecule has 1 aliphatic heterocycles. The molecule has 1 saturated carbocycles. The second-order valence-electron chi connectivity index (χ2n) is 6.65. The third-order valence-corrected chi connectivity index (χ3v) is 5.08. The molecule has 2 atom stereocenters. The van der Waals surface area contributed by atoms with E-state index in [0.717, 1.165) is 17.7 Å². The zero-order chi connectivity index (χ0) is 16.2. The highest BCUT2D eigenvalue weighted by atomic mass is 16.5. The highest BCUT2D eigenvalue weighted by Crippen LogP contribution is 2.38. The molecule has 1 aromatic carbocycles. The van der Waals surface area contributed by atoms with Crippen LogP contribution in [0.2, 0.25) is 0 Å². The number of nitriles is 1. The van der Waals surface area contributed by atoms with E-state index in [0.29, 0.717) is 31.9 Å². The first-order valence-corrected chi connectivity index (χ1v) is 8.59. The summed E-state index contributed by atoms with van der Waals surface area (Å²) in [6.45, 7) is 3.36. The van der Waals surface area contributed by atoms with Crippen LogP contribution in [0.3, 0.4) is 0 Å². The van der Waals surface area contributed by atoms with Crippen LogP contribution in [0.4, 0.5) is 0 Å². The first kappa shape index (κ1) is 15.9. The number of fused-ring (bicyclic) bond motifs is 1. The molecule has 0 spiro atoms. The summed E-state index contributed by atoms with van der Waals surface area (Å²) in [6.07, 6.45) is 4.22. The van der Waals surface area contributed by atoms with E-state index in [1.807, 2.05) is 23.1 Å². The summed E-state index contributed by atoms with van der Waals surface area (Å²) in [7, 11) is 0. The van der Waals surface area contributed by atoms with Crippen molar-refractivity contribution in [3.8, 4) is 11.8 Å². The number of amides is 1. The molecule has 0 N–H and O–H groups in total. The molecule has 1 heterocycles. The molecule has 0 radical (unpaired) electrons. The predicted molar refractivity (Wildman–Crippen MR) is 88.0 cm³/mol. The van der Waals surface area contributed by atoms with Gasteiger partial charge in [-0.25, -0.2) is 0 Å². The highest BCUT2D eigenvalue weighted by Gasteiger charge is 2.35. The quantitative estimate of drug-likeness (QED) is 0.808. The second kappa shape index (κ2) is 7.04. The molecule has 1 fully saturated rings. The Balaban J connectivity index is 1.70. The molecule has 0 unspecified atom stereocenters. The summed E-state index contributed by atoms with van der Waals surface area (Å²) in [4.78, 5) is 14.8. The van der Waals surface area contributed by atoms with E-state index >= 15 is 0 Å². The van der Waals surface area contributed by atoms with Crippen LogP contribution in [-0.4, -0.2) is 30.0 Å². The molecule has 23 heavy (non-hydrogen) atoms. The molecular weight excluding hydrogens is 288 g/mol. The van der Waals surface area contributed by atoms with Crippen LogP contribution in [-0.2, 0) is 4.79 Å². The first-order valence-electron chi connectivity index (χ1n) is 8.59. The second-order valence-corrected chi connectivity index (χ2v) is 6.65. The fraction of sp³-hybridized carbons (Fsp3) is 0.579. The maximum atomic E-state index is 12.9. The van der Waals surface area contributed by atoms with Gasteiger partial charge in [-0.05, 0) is 49.7 Å². The Morgan fingerprint density at radius 2 is 2.17 bits per heavy atom. The minimum absolute atomic E-state index is 0.182. The molecule has 2 aliphatic rings. The van der Waals surface area contributed by atoms with Gasteiger partial charge >= 0.3 is 0 Å². The van der Waals surface area contributed by atoms with E-state index in [9.17, 15) is 4.79 Å². The summed E-state index contributed by atoms with van der Waals surface area (Å²) < 4.78 is 5.69.